The molecule has 20 heavy (non-hydrogen) atoms. The third-order valence-electron chi connectivity index (χ3n) is 3.45. The summed E-state index contributed by atoms with van der Waals surface area (Å²) in [6, 6.07) is 9.96. The van der Waals surface area contributed by atoms with Gasteiger partial charge in [-0.1, -0.05) is 38.1 Å². The Morgan fingerprint density at radius 2 is 1.90 bits per heavy atom. The van der Waals surface area contributed by atoms with Gasteiger partial charge in [0.1, 0.15) is 0 Å². The molecule has 0 saturated carbocycles. The summed E-state index contributed by atoms with van der Waals surface area (Å²) in [5.74, 6) is 1.18. The molecular formula is C16H17N3O. The monoisotopic (exact) mass is 267 g/mol. The molecule has 2 aromatic heterocycles. The zero-order valence-corrected chi connectivity index (χ0v) is 11.6. The lowest BCUT2D eigenvalue weighted by Crippen LogP contribution is -2.02. The Kier molecular flexibility index (Phi) is 3.24. The normalized spacial score (nSPS) is 11.4. The maximum Gasteiger partial charge on any atom is 0.161 e. The first-order valence-corrected chi connectivity index (χ1v) is 6.74. The minimum Gasteiger partial charge on any atom is -0.392 e. The van der Waals surface area contributed by atoms with Crippen LogP contribution in [0.2, 0.25) is 0 Å². The van der Waals surface area contributed by atoms with Gasteiger partial charge in [0.15, 0.2) is 5.82 Å². The Hall–Kier alpha value is -2.20. The molecule has 3 aromatic rings. The molecular weight excluding hydrogens is 250 g/mol. The predicted molar refractivity (Wildman–Crippen MR) is 78.9 cm³/mol. The maximum atomic E-state index is 9.41. The molecule has 0 aliphatic rings. The quantitative estimate of drug-likeness (QED) is 0.793. The van der Waals surface area contributed by atoms with Crippen molar-refractivity contribution in [2.24, 2.45) is 0 Å². The van der Waals surface area contributed by atoms with E-state index in [2.05, 4.69) is 23.9 Å². The van der Waals surface area contributed by atoms with Crippen LogP contribution >= 0.6 is 0 Å². The molecule has 0 bridgehead atoms. The summed E-state index contributed by atoms with van der Waals surface area (Å²) in [4.78, 5) is 4.46. The van der Waals surface area contributed by atoms with Gasteiger partial charge < -0.3 is 5.11 Å². The van der Waals surface area contributed by atoms with E-state index in [0.29, 0.717) is 5.92 Å². The van der Waals surface area contributed by atoms with Crippen molar-refractivity contribution in [2.75, 3.05) is 0 Å². The fourth-order valence-electron chi connectivity index (χ4n) is 2.31. The SMILES string of the molecule is CC(C)c1ccn(-c2ncc(CO)c3ccccc23)n1. The number of hydrogen-bond donors (Lipinski definition) is 1. The number of rotatable bonds is 3. The van der Waals surface area contributed by atoms with Crippen LogP contribution in [0.5, 0.6) is 0 Å². The number of aliphatic hydroxyl groups excluding tert-OH is 1. The largest absolute Gasteiger partial charge is 0.392 e. The van der Waals surface area contributed by atoms with Gasteiger partial charge >= 0.3 is 0 Å². The molecule has 4 nitrogen and oxygen atoms in total. The Labute approximate surface area is 117 Å². The third kappa shape index (κ3) is 2.08. The van der Waals surface area contributed by atoms with Crippen molar-refractivity contribution in [3.8, 4) is 5.82 Å². The van der Waals surface area contributed by atoms with Crippen molar-refractivity contribution < 1.29 is 5.11 Å². The molecule has 4 heteroatoms. The molecule has 0 fully saturated rings. The van der Waals surface area contributed by atoms with E-state index in [1.807, 2.05) is 36.5 Å². The predicted octanol–water partition coefficient (Wildman–Crippen LogP) is 3.04. The zero-order chi connectivity index (χ0) is 14.1. The summed E-state index contributed by atoms with van der Waals surface area (Å²) in [6.07, 6.45) is 3.65. The van der Waals surface area contributed by atoms with E-state index in [1.54, 1.807) is 10.9 Å². The number of fused-ring (bicyclic) bond motifs is 1. The van der Waals surface area contributed by atoms with Crippen LogP contribution in [0.3, 0.4) is 0 Å². The summed E-state index contributed by atoms with van der Waals surface area (Å²) in [6.45, 7) is 4.23. The summed E-state index contributed by atoms with van der Waals surface area (Å²) >= 11 is 0. The van der Waals surface area contributed by atoms with Gasteiger partial charge in [-0.2, -0.15) is 5.10 Å². The standard InChI is InChI=1S/C16H17N3O/c1-11(2)15-7-8-19(18-15)16-14-6-4-3-5-13(14)12(10-20)9-17-16/h3-9,11,20H,10H2,1-2H3. The Bertz CT molecular complexity index is 746. The highest BCUT2D eigenvalue weighted by molar-refractivity contribution is 5.90. The van der Waals surface area contributed by atoms with E-state index >= 15 is 0 Å². The number of aromatic nitrogens is 3. The van der Waals surface area contributed by atoms with Gasteiger partial charge in [0, 0.05) is 23.3 Å². The van der Waals surface area contributed by atoms with Crippen LogP contribution in [0.4, 0.5) is 0 Å². The summed E-state index contributed by atoms with van der Waals surface area (Å²) in [5, 5.41) is 16.0. The van der Waals surface area contributed by atoms with Gasteiger partial charge in [-0.25, -0.2) is 9.67 Å². The van der Waals surface area contributed by atoms with Crippen LogP contribution in [0.1, 0.15) is 31.0 Å². The first kappa shape index (κ1) is 12.8. The van der Waals surface area contributed by atoms with Gasteiger partial charge in [0.2, 0.25) is 0 Å². The van der Waals surface area contributed by atoms with E-state index in [9.17, 15) is 5.11 Å². The molecule has 0 saturated heterocycles. The molecule has 1 N–H and O–H groups in total. The third-order valence-corrected chi connectivity index (χ3v) is 3.45. The van der Waals surface area contributed by atoms with Crippen molar-refractivity contribution in [2.45, 2.75) is 26.4 Å². The minimum atomic E-state index is -0.00978. The Morgan fingerprint density at radius 1 is 1.15 bits per heavy atom. The number of nitrogens with zero attached hydrogens (tertiary/aromatic N) is 3. The number of aliphatic hydroxyl groups is 1. The highest BCUT2D eigenvalue weighted by atomic mass is 16.3. The minimum absolute atomic E-state index is 0.00978. The molecule has 0 spiro atoms. The van der Waals surface area contributed by atoms with Crippen molar-refractivity contribution in [1.82, 2.24) is 14.8 Å². The smallest absolute Gasteiger partial charge is 0.161 e. The van der Waals surface area contributed by atoms with Gasteiger partial charge in [-0.05, 0) is 17.4 Å². The van der Waals surface area contributed by atoms with E-state index < -0.39 is 0 Å². The molecule has 0 aliphatic heterocycles. The summed E-state index contributed by atoms with van der Waals surface area (Å²) < 4.78 is 1.80. The van der Waals surface area contributed by atoms with Gasteiger partial charge in [-0.3, -0.25) is 0 Å². The van der Waals surface area contributed by atoms with Crippen LogP contribution in [0.15, 0.2) is 42.7 Å². The molecule has 0 radical (unpaired) electrons. The maximum absolute atomic E-state index is 9.41. The second kappa shape index (κ2) is 5.06. The first-order chi connectivity index (χ1) is 9.70. The fourth-order valence-corrected chi connectivity index (χ4v) is 2.31. The lowest BCUT2D eigenvalue weighted by molar-refractivity contribution is 0.283. The van der Waals surface area contributed by atoms with Crippen LogP contribution in [-0.4, -0.2) is 19.9 Å². The van der Waals surface area contributed by atoms with Crippen molar-refractivity contribution in [3.63, 3.8) is 0 Å². The van der Waals surface area contributed by atoms with Gasteiger partial charge in [-0.15, -0.1) is 0 Å². The van der Waals surface area contributed by atoms with Crippen molar-refractivity contribution >= 4 is 10.8 Å². The molecule has 0 unspecified atom stereocenters. The van der Waals surface area contributed by atoms with Gasteiger partial charge in [0.25, 0.3) is 0 Å². The van der Waals surface area contributed by atoms with Crippen LogP contribution in [0.25, 0.3) is 16.6 Å². The average molecular weight is 267 g/mol. The molecule has 3 rings (SSSR count). The number of pyridine rings is 1. The summed E-state index contributed by atoms with van der Waals surface area (Å²) in [7, 11) is 0. The molecule has 0 amide bonds. The molecule has 2 heterocycles. The van der Waals surface area contributed by atoms with Crippen molar-refractivity contribution in [3.05, 3.63) is 54.0 Å². The van der Waals surface area contributed by atoms with Crippen LogP contribution in [-0.2, 0) is 6.61 Å². The first-order valence-electron chi connectivity index (χ1n) is 6.74. The fraction of sp³-hybridized carbons (Fsp3) is 0.250. The topological polar surface area (TPSA) is 50.9 Å². The number of hydrogen-bond acceptors (Lipinski definition) is 3. The van der Waals surface area contributed by atoms with Crippen LogP contribution in [0, 0.1) is 0 Å². The van der Waals surface area contributed by atoms with E-state index in [1.165, 1.54) is 0 Å². The average Bonchev–Trinajstić information content (AvgIpc) is 2.96. The lowest BCUT2D eigenvalue weighted by Gasteiger charge is -2.09. The highest BCUT2D eigenvalue weighted by Gasteiger charge is 2.10. The summed E-state index contributed by atoms with van der Waals surface area (Å²) in [5.41, 5.74) is 1.88. The van der Waals surface area contributed by atoms with Gasteiger partial charge in [0.05, 0.1) is 12.3 Å². The molecule has 0 atom stereocenters. The van der Waals surface area contributed by atoms with E-state index in [-0.39, 0.29) is 6.61 Å². The molecule has 1 aromatic carbocycles. The van der Waals surface area contributed by atoms with E-state index in [4.69, 9.17) is 0 Å². The highest BCUT2D eigenvalue weighted by Crippen LogP contribution is 2.24. The Morgan fingerprint density at radius 3 is 2.55 bits per heavy atom. The lowest BCUT2D eigenvalue weighted by atomic mass is 10.1. The molecule has 102 valence electrons. The second-order valence-corrected chi connectivity index (χ2v) is 5.15. The zero-order valence-electron chi connectivity index (χ0n) is 11.6. The Balaban J connectivity index is 2.21. The van der Waals surface area contributed by atoms with E-state index in [0.717, 1.165) is 27.8 Å². The van der Waals surface area contributed by atoms with Crippen LogP contribution < -0.4 is 0 Å². The number of benzene rings is 1. The molecule has 0 aliphatic carbocycles. The second-order valence-electron chi connectivity index (χ2n) is 5.15. The van der Waals surface area contributed by atoms with Crippen molar-refractivity contribution in [1.29, 1.82) is 0 Å².